The molecular weight excluding hydrogens is 380 g/mol. The van der Waals surface area contributed by atoms with Gasteiger partial charge in [0.1, 0.15) is 17.5 Å². The third-order valence-corrected chi connectivity index (χ3v) is 4.10. The van der Waals surface area contributed by atoms with E-state index in [2.05, 4.69) is 26.6 Å². The molecule has 0 aliphatic rings. The SMILES string of the molecule is COc1cc(CCNC(=O)[C@@H](NC(=O)O)C(C)C)c(OC)cc1Br. The van der Waals surface area contributed by atoms with E-state index in [4.69, 9.17) is 14.6 Å². The lowest BCUT2D eigenvalue weighted by Gasteiger charge is -2.20. The van der Waals surface area contributed by atoms with E-state index in [-0.39, 0.29) is 11.8 Å². The molecule has 0 saturated heterocycles. The Balaban J connectivity index is 2.72. The summed E-state index contributed by atoms with van der Waals surface area (Å²) in [6.45, 7) is 3.91. The molecule has 1 aromatic carbocycles. The average molecular weight is 403 g/mol. The van der Waals surface area contributed by atoms with Gasteiger partial charge in [-0.15, -0.1) is 0 Å². The molecule has 7 nitrogen and oxygen atoms in total. The summed E-state index contributed by atoms with van der Waals surface area (Å²) in [5.41, 5.74) is 0.880. The smallest absolute Gasteiger partial charge is 0.405 e. The number of ether oxygens (including phenoxy) is 2. The Bertz CT molecular complexity index is 592. The first-order valence-electron chi connectivity index (χ1n) is 7.47. The molecule has 1 aromatic rings. The van der Waals surface area contributed by atoms with Crippen LogP contribution in [0.25, 0.3) is 0 Å². The van der Waals surface area contributed by atoms with E-state index in [1.807, 2.05) is 6.07 Å². The minimum Gasteiger partial charge on any atom is -0.496 e. The van der Waals surface area contributed by atoms with Crippen molar-refractivity contribution in [3.05, 3.63) is 22.2 Å². The lowest BCUT2D eigenvalue weighted by molar-refractivity contribution is -0.123. The summed E-state index contributed by atoms with van der Waals surface area (Å²) in [5.74, 6) is 0.851. The lowest BCUT2D eigenvalue weighted by Crippen LogP contribution is -2.49. The molecule has 0 bridgehead atoms. The van der Waals surface area contributed by atoms with Gasteiger partial charge in [0.2, 0.25) is 5.91 Å². The van der Waals surface area contributed by atoms with Gasteiger partial charge in [-0.25, -0.2) is 4.79 Å². The molecule has 1 rings (SSSR count). The zero-order chi connectivity index (χ0) is 18.3. The highest BCUT2D eigenvalue weighted by Gasteiger charge is 2.23. The number of carboxylic acid groups (broad SMARTS) is 1. The van der Waals surface area contributed by atoms with Crippen LogP contribution < -0.4 is 20.1 Å². The minimum atomic E-state index is -1.22. The largest absolute Gasteiger partial charge is 0.496 e. The van der Waals surface area contributed by atoms with E-state index in [1.165, 1.54) is 0 Å². The van der Waals surface area contributed by atoms with E-state index in [1.54, 1.807) is 34.1 Å². The van der Waals surface area contributed by atoms with Crippen molar-refractivity contribution in [3.8, 4) is 11.5 Å². The van der Waals surface area contributed by atoms with Gasteiger partial charge < -0.3 is 25.2 Å². The van der Waals surface area contributed by atoms with Crippen LogP contribution in [-0.4, -0.2) is 43.9 Å². The summed E-state index contributed by atoms with van der Waals surface area (Å²) in [5, 5.41) is 13.8. The predicted octanol–water partition coefficient (Wildman–Crippen LogP) is 2.42. The molecule has 0 unspecified atom stereocenters. The van der Waals surface area contributed by atoms with Crippen LogP contribution in [-0.2, 0) is 11.2 Å². The van der Waals surface area contributed by atoms with E-state index < -0.39 is 12.1 Å². The van der Waals surface area contributed by atoms with Gasteiger partial charge in [0.25, 0.3) is 0 Å². The molecule has 24 heavy (non-hydrogen) atoms. The van der Waals surface area contributed by atoms with Crippen molar-refractivity contribution >= 4 is 27.9 Å². The molecule has 0 spiro atoms. The summed E-state index contributed by atoms with van der Waals surface area (Å²) < 4.78 is 11.4. The van der Waals surface area contributed by atoms with Crippen molar-refractivity contribution in [1.82, 2.24) is 10.6 Å². The Labute approximate surface area is 149 Å². The number of carbonyl (C=O) groups excluding carboxylic acids is 1. The fourth-order valence-electron chi connectivity index (χ4n) is 2.22. The summed E-state index contributed by atoms with van der Waals surface area (Å²) >= 11 is 3.39. The Kier molecular flexibility index (Phi) is 7.84. The molecule has 0 heterocycles. The van der Waals surface area contributed by atoms with Gasteiger partial charge in [-0.05, 0) is 46.0 Å². The molecule has 0 radical (unpaired) electrons. The second-order valence-corrected chi connectivity index (χ2v) is 6.37. The van der Waals surface area contributed by atoms with Gasteiger partial charge in [0, 0.05) is 6.54 Å². The average Bonchev–Trinajstić information content (AvgIpc) is 2.52. The first-order valence-corrected chi connectivity index (χ1v) is 8.27. The van der Waals surface area contributed by atoms with Gasteiger partial charge in [0.15, 0.2) is 0 Å². The fourth-order valence-corrected chi connectivity index (χ4v) is 2.70. The van der Waals surface area contributed by atoms with Crippen LogP contribution in [0.1, 0.15) is 19.4 Å². The van der Waals surface area contributed by atoms with Crippen LogP contribution in [0, 0.1) is 5.92 Å². The van der Waals surface area contributed by atoms with E-state index in [0.29, 0.717) is 24.5 Å². The van der Waals surface area contributed by atoms with Gasteiger partial charge in [0.05, 0.1) is 18.7 Å². The van der Waals surface area contributed by atoms with E-state index in [0.717, 1.165) is 10.0 Å². The van der Waals surface area contributed by atoms with Crippen molar-refractivity contribution in [2.75, 3.05) is 20.8 Å². The number of nitrogens with one attached hydrogen (secondary N) is 2. The maximum absolute atomic E-state index is 12.1. The topological polar surface area (TPSA) is 96.9 Å². The summed E-state index contributed by atoms with van der Waals surface area (Å²) in [4.78, 5) is 22.9. The zero-order valence-electron chi connectivity index (χ0n) is 14.2. The highest BCUT2D eigenvalue weighted by Crippen LogP contribution is 2.32. The molecular formula is C16H23BrN2O5. The van der Waals surface area contributed by atoms with Crippen LogP contribution in [0.2, 0.25) is 0 Å². The summed E-state index contributed by atoms with van der Waals surface area (Å²) in [7, 11) is 3.14. The quantitative estimate of drug-likeness (QED) is 0.620. The predicted molar refractivity (Wildman–Crippen MR) is 93.7 cm³/mol. The molecule has 1 atom stereocenters. The molecule has 2 amide bonds. The van der Waals surface area contributed by atoms with E-state index >= 15 is 0 Å². The molecule has 0 aliphatic carbocycles. The number of carbonyl (C=O) groups is 2. The second kappa shape index (κ2) is 9.36. The number of rotatable bonds is 8. The Morgan fingerprint density at radius 3 is 2.33 bits per heavy atom. The van der Waals surface area contributed by atoms with Crippen LogP contribution in [0.3, 0.4) is 0 Å². The van der Waals surface area contributed by atoms with Crippen molar-refractivity contribution in [2.24, 2.45) is 5.92 Å². The highest BCUT2D eigenvalue weighted by molar-refractivity contribution is 9.10. The summed E-state index contributed by atoms with van der Waals surface area (Å²) in [6, 6.07) is 2.85. The van der Waals surface area contributed by atoms with Gasteiger partial charge in [-0.2, -0.15) is 0 Å². The first-order chi connectivity index (χ1) is 11.3. The van der Waals surface area contributed by atoms with Gasteiger partial charge >= 0.3 is 6.09 Å². The van der Waals surface area contributed by atoms with Crippen LogP contribution >= 0.6 is 15.9 Å². The number of benzene rings is 1. The minimum absolute atomic E-state index is 0.150. The fraction of sp³-hybridized carbons (Fsp3) is 0.500. The van der Waals surface area contributed by atoms with E-state index in [9.17, 15) is 9.59 Å². The zero-order valence-corrected chi connectivity index (χ0v) is 15.8. The molecule has 3 N–H and O–H groups in total. The third-order valence-electron chi connectivity index (χ3n) is 3.48. The Morgan fingerprint density at radius 1 is 1.21 bits per heavy atom. The maximum Gasteiger partial charge on any atom is 0.405 e. The van der Waals surface area contributed by atoms with Crippen LogP contribution in [0.5, 0.6) is 11.5 Å². The van der Waals surface area contributed by atoms with Crippen molar-refractivity contribution in [1.29, 1.82) is 0 Å². The van der Waals surface area contributed by atoms with Crippen molar-refractivity contribution < 1.29 is 24.2 Å². The van der Waals surface area contributed by atoms with Crippen LogP contribution in [0.15, 0.2) is 16.6 Å². The standard InChI is InChI=1S/C16H23BrN2O5/c1-9(2)14(19-16(21)22)15(20)18-6-5-10-7-13(24-4)11(17)8-12(10)23-3/h7-9,14,19H,5-6H2,1-4H3,(H,18,20)(H,21,22)/t14-/m0/s1. The second-order valence-electron chi connectivity index (χ2n) is 5.51. The number of hydrogen-bond donors (Lipinski definition) is 3. The number of hydrogen-bond acceptors (Lipinski definition) is 4. The van der Waals surface area contributed by atoms with Gasteiger partial charge in [-0.3, -0.25) is 4.79 Å². The Morgan fingerprint density at radius 2 is 1.83 bits per heavy atom. The Hall–Kier alpha value is -1.96. The normalized spacial score (nSPS) is 11.8. The number of amides is 2. The van der Waals surface area contributed by atoms with Crippen LogP contribution in [0.4, 0.5) is 4.79 Å². The van der Waals surface area contributed by atoms with Gasteiger partial charge in [-0.1, -0.05) is 13.8 Å². The molecule has 0 fully saturated rings. The van der Waals surface area contributed by atoms with Crippen molar-refractivity contribution in [3.63, 3.8) is 0 Å². The molecule has 0 saturated carbocycles. The lowest BCUT2D eigenvalue weighted by atomic mass is 10.0. The molecule has 0 aliphatic heterocycles. The van der Waals surface area contributed by atoms with Crippen molar-refractivity contribution in [2.45, 2.75) is 26.3 Å². The molecule has 0 aromatic heterocycles. The molecule has 134 valence electrons. The first kappa shape index (κ1) is 20.1. The highest BCUT2D eigenvalue weighted by atomic mass is 79.9. The third kappa shape index (κ3) is 5.59. The summed E-state index contributed by atoms with van der Waals surface area (Å²) in [6.07, 6.45) is -0.695. The number of halogens is 1. The number of methoxy groups -OCH3 is 2. The maximum atomic E-state index is 12.1. The monoisotopic (exact) mass is 402 g/mol. The molecule has 8 heteroatoms.